The van der Waals surface area contributed by atoms with E-state index in [1.807, 2.05) is 0 Å². The van der Waals surface area contributed by atoms with Gasteiger partial charge in [0.2, 0.25) is 0 Å². The molecule has 0 aliphatic heterocycles. The molecule has 2 atom stereocenters. The fourth-order valence-electron chi connectivity index (χ4n) is 5.56. The van der Waals surface area contributed by atoms with Gasteiger partial charge in [-0.3, -0.25) is 18.6 Å². The lowest BCUT2D eigenvalue weighted by Gasteiger charge is -2.19. The number of phosphoric acid groups is 1. The Bertz CT molecular complexity index is 749. The second-order valence-electron chi connectivity index (χ2n) is 13.1. The molecule has 0 aliphatic carbocycles. The van der Waals surface area contributed by atoms with E-state index in [4.69, 9.17) is 19.1 Å². The average Bonchev–Trinajstić information content (AvgIpc) is 3.05. The third-order valence-corrected chi connectivity index (χ3v) is 9.45. The van der Waals surface area contributed by atoms with Crippen LogP contribution in [0.2, 0.25) is 0 Å². The van der Waals surface area contributed by atoms with Gasteiger partial charge in [-0.25, -0.2) is 4.57 Å². The maximum absolute atomic E-state index is 12.5. The lowest BCUT2D eigenvalue weighted by atomic mass is 10.0. The molecule has 0 saturated carbocycles. The summed E-state index contributed by atoms with van der Waals surface area (Å²) in [6.45, 7) is 2.95. The Morgan fingerprint density at radius 1 is 0.532 bits per heavy atom. The molecule has 9 nitrogen and oxygen atoms in total. The van der Waals surface area contributed by atoms with Crippen molar-refractivity contribution in [2.24, 2.45) is 0 Å². The first kappa shape index (κ1) is 46.0. The van der Waals surface area contributed by atoms with Crippen molar-refractivity contribution in [2.75, 3.05) is 26.4 Å². The van der Waals surface area contributed by atoms with E-state index in [1.165, 1.54) is 122 Å². The number of phosphoric ester groups is 1. The monoisotopic (exact) mass is 692 g/mol. The van der Waals surface area contributed by atoms with E-state index >= 15 is 0 Å². The smallest absolute Gasteiger partial charge is 0.462 e. The summed E-state index contributed by atoms with van der Waals surface area (Å²) in [7, 11) is -4.44. The van der Waals surface area contributed by atoms with Crippen LogP contribution in [0.3, 0.4) is 0 Å². The van der Waals surface area contributed by atoms with Gasteiger partial charge in [0.05, 0.1) is 19.8 Å². The molecule has 280 valence electrons. The van der Waals surface area contributed by atoms with Gasteiger partial charge >= 0.3 is 19.8 Å². The molecular weight excluding hydrogens is 619 g/mol. The van der Waals surface area contributed by atoms with E-state index in [0.29, 0.717) is 6.42 Å². The average molecular weight is 693 g/mol. The van der Waals surface area contributed by atoms with Crippen molar-refractivity contribution in [1.82, 2.24) is 0 Å². The minimum absolute atomic E-state index is 0.221. The van der Waals surface area contributed by atoms with Crippen molar-refractivity contribution < 1.29 is 42.7 Å². The predicted octanol–water partition coefficient (Wildman–Crippen LogP) is 10.5. The fourth-order valence-corrected chi connectivity index (χ4v) is 6.31. The Balaban J connectivity index is 4.18. The number of carbonyl (C=O) groups is 2. The van der Waals surface area contributed by atoms with Crippen LogP contribution in [0.5, 0.6) is 0 Å². The molecule has 0 bridgehead atoms. The van der Waals surface area contributed by atoms with Crippen molar-refractivity contribution in [1.29, 1.82) is 0 Å². The first-order chi connectivity index (χ1) is 22.8. The van der Waals surface area contributed by atoms with Crippen molar-refractivity contribution in [3.05, 3.63) is 0 Å². The zero-order valence-corrected chi connectivity index (χ0v) is 31.3. The Morgan fingerprint density at radius 3 is 1.28 bits per heavy atom. The number of unbranched alkanes of at least 4 members (excludes halogenated alkanes) is 24. The standard InChI is InChI=1S/C37H73O9P/c1-3-5-7-9-11-13-15-17-19-21-23-25-27-29-36(39)43-33-35(34-45-47(41,42)44-32-31-38)46-37(40)30-28-26-24-22-20-18-16-14-12-10-8-6-4-2/h35,38H,3-34H2,1-2H3,(H,41,42). The SMILES string of the molecule is CCCCCCCCCCCCCCCC(=O)OCC(COP(=O)(O)OCCO)OC(=O)CCCCCCCCCCCCCCC. The van der Waals surface area contributed by atoms with Crippen molar-refractivity contribution >= 4 is 19.8 Å². The van der Waals surface area contributed by atoms with Gasteiger partial charge < -0.3 is 19.5 Å². The lowest BCUT2D eigenvalue weighted by Crippen LogP contribution is -2.29. The van der Waals surface area contributed by atoms with E-state index in [9.17, 15) is 19.0 Å². The maximum Gasteiger partial charge on any atom is 0.472 e. The molecule has 0 radical (unpaired) electrons. The fraction of sp³-hybridized carbons (Fsp3) is 0.946. The molecule has 47 heavy (non-hydrogen) atoms. The molecular formula is C37H73O9P. The molecule has 0 heterocycles. The van der Waals surface area contributed by atoms with Crippen LogP contribution < -0.4 is 0 Å². The van der Waals surface area contributed by atoms with Crippen LogP contribution >= 0.6 is 7.82 Å². The van der Waals surface area contributed by atoms with Crippen LogP contribution in [0.15, 0.2) is 0 Å². The third-order valence-electron chi connectivity index (χ3n) is 8.47. The Kier molecular flexibility index (Phi) is 34.1. The predicted molar refractivity (Wildman–Crippen MR) is 190 cm³/mol. The first-order valence-electron chi connectivity index (χ1n) is 19.4. The molecule has 0 aromatic carbocycles. The molecule has 2 unspecified atom stereocenters. The highest BCUT2D eigenvalue weighted by Gasteiger charge is 2.26. The van der Waals surface area contributed by atoms with Crippen molar-refractivity contribution in [3.63, 3.8) is 0 Å². The van der Waals surface area contributed by atoms with Crippen LogP contribution in [0.4, 0.5) is 0 Å². The third kappa shape index (κ3) is 34.7. The van der Waals surface area contributed by atoms with E-state index in [2.05, 4.69) is 18.4 Å². The van der Waals surface area contributed by atoms with Crippen LogP contribution in [-0.2, 0) is 32.7 Å². The van der Waals surface area contributed by atoms with Crippen LogP contribution in [0, 0.1) is 0 Å². The highest BCUT2D eigenvalue weighted by Crippen LogP contribution is 2.43. The zero-order chi connectivity index (χ0) is 34.7. The summed E-state index contributed by atoms with van der Waals surface area (Å²) in [5, 5.41) is 8.84. The molecule has 10 heteroatoms. The van der Waals surface area contributed by atoms with Gasteiger partial charge in [0.1, 0.15) is 6.61 Å². The minimum atomic E-state index is -4.44. The van der Waals surface area contributed by atoms with Gasteiger partial charge in [0.15, 0.2) is 6.10 Å². The van der Waals surface area contributed by atoms with Gasteiger partial charge in [-0.15, -0.1) is 0 Å². The highest BCUT2D eigenvalue weighted by atomic mass is 31.2. The van der Waals surface area contributed by atoms with E-state index in [1.54, 1.807) is 0 Å². The molecule has 0 saturated heterocycles. The normalized spacial score (nSPS) is 13.4. The summed E-state index contributed by atoms with van der Waals surface area (Å²) in [6.07, 6.45) is 31.0. The molecule has 0 rings (SSSR count). The zero-order valence-electron chi connectivity index (χ0n) is 30.4. The van der Waals surface area contributed by atoms with Gasteiger partial charge in [-0.05, 0) is 12.8 Å². The van der Waals surface area contributed by atoms with Crippen molar-refractivity contribution in [3.8, 4) is 0 Å². The largest absolute Gasteiger partial charge is 0.472 e. The summed E-state index contributed by atoms with van der Waals surface area (Å²) in [6, 6.07) is 0. The summed E-state index contributed by atoms with van der Waals surface area (Å²) in [4.78, 5) is 34.6. The van der Waals surface area contributed by atoms with Gasteiger partial charge in [0.25, 0.3) is 0 Å². The van der Waals surface area contributed by atoms with Gasteiger partial charge in [0, 0.05) is 12.8 Å². The topological polar surface area (TPSA) is 129 Å². The molecule has 0 spiro atoms. The first-order valence-corrected chi connectivity index (χ1v) is 20.9. The van der Waals surface area contributed by atoms with Crippen LogP contribution in [0.1, 0.15) is 194 Å². The Labute approximate surface area is 288 Å². The molecule has 0 amide bonds. The van der Waals surface area contributed by atoms with Crippen LogP contribution in [0.25, 0.3) is 0 Å². The van der Waals surface area contributed by atoms with E-state index in [0.717, 1.165) is 38.5 Å². The van der Waals surface area contributed by atoms with Gasteiger partial charge in [-0.2, -0.15) is 0 Å². The Morgan fingerprint density at radius 2 is 0.894 bits per heavy atom. The number of ether oxygens (including phenoxy) is 2. The molecule has 0 fully saturated rings. The van der Waals surface area contributed by atoms with E-state index in [-0.39, 0.29) is 26.1 Å². The lowest BCUT2D eigenvalue weighted by molar-refractivity contribution is -0.161. The summed E-state index contributed by atoms with van der Waals surface area (Å²) in [5.74, 6) is -0.854. The number of hydrogen-bond donors (Lipinski definition) is 2. The number of aliphatic hydroxyl groups excluding tert-OH is 1. The van der Waals surface area contributed by atoms with Crippen molar-refractivity contribution in [2.45, 2.75) is 200 Å². The molecule has 0 aromatic rings. The van der Waals surface area contributed by atoms with Crippen LogP contribution in [-0.4, -0.2) is 54.5 Å². The second-order valence-corrected chi connectivity index (χ2v) is 14.6. The molecule has 2 N–H and O–H groups in total. The number of carbonyl (C=O) groups excluding carboxylic acids is 2. The Hall–Kier alpha value is -0.990. The maximum atomic E-state index is 12.5. The van der Waals surface area contributed by atoms with E-state index < -0.39 is 39.1 Å². The molecule has 0 aromatic heterocycles. The summed E-state index contributed by atoms with van der Waals surface area (Å²) < 4.78 is 32.4. The number of rotatable bonds is 37. The minimum Gasteiger partial charge on any atom is -0.462 e. The number of hydrogen-bond acceptors (Lipinski definition) is 8. The summed E-state index contributed by atoms with van der Waals surface area (Å²) >= 11 is 0. The highest BCUT2D eigenvalue weighted by molar-refractivity contribution is 7.47. The number of aliphatic hydroxyl groups is 1. The second kappa shape index (κ2) is 34.9. The molecule has 0 aliphatic rings. The summed E-state index contributed by atoms with van der Waals surface area (Å²) in [5.41, 5.74) is 0. The number of esters is 2. The quantitative estimate of drug-likeness (QED) is 0.0371. The van der Waals surface area contributed by atoms with Gasteiger partial charge in [-0.1, -0.05) is 168 Å².